The Hall–Kier alpha value is -2.29. The van der Waals surface area contributed by atoms with E-state index in [1.54, 1.807) is 0 Å². The van der Waals surface area contributed by atoms with Crippen molar-refractivity contribution in [3.8, 4) is 0 Å². The number of benzene rings is 2. The fourth-order valence-electron chi connectivity index (χ4n) is 2.02. The van der Waals surface area contributed by atoms with Gasteiger partial charge in [0.25, 0.3) is 0 Å². The Bertz CT molecular complexity index is 564. The summed E-state index contributed by atoms with van der Waals surface area (Å²) in [5.41, 5.74) is 3.48. The minimum atomic E-state index is 0.0531. The van der Waals surface area contributed by atoms with Gasteiger partial charge in [-0.2, -0.15) is 0 Å². The van der Waals surface area contributed by atoms with Crippen LogP contribution in [0.15, 0.2) is 48.5 Å². The average molecular weight is 268 g/mol. The summed E-state index contributed by atoms with van der Waals surface area (Å²) in [5, 5.41) is 0. The number of ketones is 1. The Labute approximate surface area is 120 Å². The third kappa shape index (κ3) is 2.99. The Morgan fingerprint density at radius 2 is 1.15 bits per heavy atom. The Kier molecular flexibility index (Phi) is 4.08. The van der Waals surface area contributed by atoms with Gasteiger partial charge in [0.2, 0.25) is 0 Å². The van der Waals surface area contributed by atoms with Crippen LogP contribution in [0.5, 0.6) is 0 Å². The highest BCUT2D eigenvalue weighted by Crippen LogP contribution is 2.19. The zero-order chi connectivity index (χ0) is 14.7. The van der Waals surface area contributed by atoms with Gasteiger partial charge in [0.15, 0.2) is 5.78 Å². The molecule has 0 heterocycles. The standard InChI is InChI=1S/C17H20N2O/c1-18(2)15-9-5-7-13(11-15)17(20)14-8-6-10-16(12-14)19(3)4/h5-12H,1-4H3. The molecule has 0 N–H and O–H groups in total. The van der Waals surface area contributed by atoms with Gasteiger partial charge >= 0.3 is 0 Å². The van der Waals surface area contributed by atoms with Crippen LogP contribution in [0.1, 0.15) is 15.9 Å². The lowest BCUT2D eigenvalue weighted by atomic mass is 10.0. The molecule has 0 fully saturated rings. The van der Waals surface area contributed by atoms with Crippen molar-refractivity contribution >= 4 is 17.2 Å². The van der Waals surface area contributed by atoms with E-state index in [-0.39, 0.29) is 5.78 Å². The summed E-state index contributed by atoms with van der Waals surface area (Å²) in [7, 11) is 7.87. The second-order valence-electron chi connectivity index (χ2n) is 5.22. The predicted molar refractivity (Wildman–Crippen MR) is 85.0 cm³/mol. The summed E-state index contributed by atoms with van der Waals surface area (Å²) >= 11 is 0. The molecule has 0 aliphatic rings. The smallest absolute Gasteiger partial charge is 0.193 e. The molecule has 0 bridgehead atoms. The zero-order valence-corrected chi connectivity index (χ0v) is 12.4. The van der Waals surface area contributed by atoms with Crippen LogP contribution >= 0.6 is 0 Å². The van der Waals surface area contributed by atoms with E-state index in [0.29, 0.717) is 11.1 Å². The molecule has 0 aliphatic heterocycles. The number of nitrogens with zero attached hydrogens (tertiary/aromatic N) is 2. The number of hydrogen-bond acceptors (Lipinski definition) is 3. The van der Waals surface area contributed by atoms with E-state index in [9.17, 15) is 4.79 Å². The van der Waals surface area contributed by atoms with Crippen LogP contribution in [0.4, 0.5) is 11.4 Å². The molecule has 0 amide bonds. The summed E-state index contributed by atoms with van der Waals surface area (Å²) in [4.78, 5) is 16.5. The summed E-state index contributed by atoms with van der Waals surface area (Å²) in [6.45, 7) is 0. The first kappa shape index (κ1) is 14.1. The normalized spacial score (nSPS) is 10.2. The van der Waals surface area contributed by atoms with Crippen LogP contribution in [0.2, 0.25) is 0 Å². The van der Waals surface area contributed by atoms with Crippen molar-refractivity contribution in [3.63, 3.8) is 0 Å². The number of hydrogen-bond donors (Lipinski definition) is 0. The Morgan fingerprint density at radius 1 is 0.750 bits per heavy atom. The van der Waals surface area contributed by atoms with Crippen LogP contribution in [-0.4, -0.2) is 34.0 Å². The third-order valence-corrected chi connectivity index (χ3v) is 3.25. The van der Waals surface area contributed by atoms with Gasteiger partial charge in [-0.05, 0) is 24.3 Å². The molecule has 0 spiro atoms. The first-order valence-corrected chi connectivity index (χ1v) is 6.58. The van der Waals surface area contributed by atoms with E-state index >= 15 is 0 Å². The van der Waals surface area contributed by atoms with Crippen molar-refractivity contribution < 1.29 is 4.79 Å². The molecule has 0 atom stereocenters. The minimum Gasteiger partial charge on any atom is -0.378 e. The van der Waals surface area contributed by atoms with Gasteiger partial charge in [-0.25, -0.2) is 0 Å². The first-order valence-electron chi connectivity index (χ1n) is 6.58. The second kappa shape index (κ2) is 5.78. The molecular weight excluding hydrogens is 248 g/mol. The number of carbonyl (C=O) groups excluding carboxylic acids is 1. The molecule has 2 rings (SSSR count). The molecule has 3 nitrogen and oxygen atoms in total. The van der Waals surface area contributed by atoms with Gasteiger partial charge in [0, 0.05) is 50.7 Å². The maximum atomic E-state index is 12.6. The van der Waals surface area contributed by atoms with Crippen molar-refractivity contribution in [2.75, 3.05) is 38.0 Å². The highest BCUT2D eigenvalue weighted by atomic mass is 16.1. The summed E-state index contributed by atoms with van der Waals surface area (Å²) in [6, 6.07) is 15.4. The molecule has 0 aliphatic carbocycles. The van der Waals surface area contributed by atoms with Crippen LogP contribution in [0.3, 0.4) is 0 Å². The van der Waals surface area contributed by atoms with Crippen molar-refractivity contribution in [2.24, 2.45) is 0 Å². The SMILES string of the molecule is CN(C)c1cccc(C(=O)c2cccc(N(C)C)c2)c1. The first-order chi connectivity index (χ1) is 9.49. The van der Waals surface area contributed by atoms with Crippen molar-refractivity contribution in [3.05, 3.63) is 59.7 Å². The van der Waals surface area contributed by atoms with Gasteiger partial charge in [0.05, 0.1) is 0 Å². The Balaban J connectivity index is 2.36. The molecule has 3 heteroatoms. The van der Waals surface area contributed by atoms with Crippen molar-refractivity contribution in [2.45, 2.75) is 0 Å². The van der Waals surface area contributed by atoms with Crippen LogP contribution in [-0.2, 0) is 0 Å². The maximum Gasteiger partial charge on any atom is 0.193 e. The maximum absolute atomic E-state index is 12.6. The number of carbonyl (C=O) groups is 1. The van der Waals surface area contributed by atoms with Crippen LogP contribution in [0, 0.1) is 0 Å². The van der Waals surface area contributed by atoms with Gasteiger partial charge in [-0.3, -0.25) is 4.79 Å². The monoisotopic (exact) mass is 268 g/mol. The zero-order valence-electron chi connectivity index (χ0n) is 12.4. The molecule has 20 heavy (non-hydrogen) atoms. The lowest BCUT2D eigenvalue weighted by molar-refractivity contribution is 0.103. The number of anilines is 2. The predicted octanol–water partition coefficient (Wildman–Crippen LogP) is 3.05. The molecule has 0 saturated carbocycles. The average Bonchev–Trinajstić information content (AvgIpc) is 2.46. The molecule has 0 aromatic heterocycles. The minimum absolute atomic E-state index is 0.0531. The molecule has 2 aromatic rings. The molecule has 0 unspecified atom stereocenters. The highest BCUT2D eigenvalue weighted by Gasteiger charge is 2.11. The largest absolute Gasteiger partial charge is 0.378 e. The molecule has 0 radical (unpaired) electrons. The molecular formula is C17H20N2O. The van der Waals surface area contributed by atoms with E-state index < -0.39 is 0 Å². The molecule has 0 saturated heterocycles. The van der Waals surface area contributed by atoms with Crippen molar-refractivity contribution in [1.29, 1.82) is 0 Å². The van der Waals surface area contributed by atoms with E-state index in [1.165, 1.54) is 0 Å². The van der Waals surface area contributed by atoms with Crippen molar-refractivity contribution in [1.82, 2.24) is 0 Å². The summed E-state index contributed by atoms with van der Waals surface area (Å²) in [6.07, 6.45) is 0. The molecule has 104 valence electrons. The van der Waals surface area contributed by atoms with E-state index in [2.05, 4.69) is 0 Å². The highest BCUT2D eigenvalue weighted by molar-refractivity contribution is 6.09. The third-order valence-electron chi connectivity index (χ3n) is 3.25. The number of rotatable bonds is 4. The van der Waals surface area contributed by atoms with Gasteiger partial charge in [-0.1, -0.05) is 24.3 Å². The quantitative estimate of drug-likeness (QED) is 0.796. The topological polar surface area (TPSA) is 23.6 Å². The van der Waals surface area contributed by atoms with Crippen LogP contribution in [0.25, 0.3) is 0 Å². The summed E-state index contributed by atoms with van der Waals surface area (Å²) in [5.74, 6) is 0.0531. The fraction of sp³-hybridized carbons (Fsp3) is 0.235. The second-order valence-corrected chi connectivity index (χ2v) is 5.22. The fourth-order valence-corrected chi connectivity index (χ4v) is 2.02. The lowest BCUT2D eigenvalue weighted by Gasteiger charge is -2.15. The van der Waals surface area contributed by atoms with Gasteiger partial charge in [0.1, 0.15) is 0 Å². The van der Waals surface area contributed by atoms with Gasteiger partial charge in [-0.15, -0.1) is 0 Å². The van der Waals surface area contributed by atoms with E-state index in [0.717, 1.165) is 11.4 Å². The Morgan fingerprint density at radius 3 is 1.50 bits per heavy atom. The van der Waals surface area contributed by atoms with Crippen LogP contribution < -0.4 is 9.80 Å². The molecule has 2 aromatic carbocycles. The van der Waals surface area contributed by atoms with E-state index in [4.69, 9.17) is 0 Å². The van der Waals surface area contributed by atoms with Gasteiger partial charge < -0.3 is 9.80 Å². The van der Waals surface area contributed by atoms with E-state index in [1.807, 2.05) is 86.5 Å². The lowest BCUT2D eigenvalue weighted by Crippen LogP contribution is -2.11. The summed E-state index contributed by atoms with van der Waals surface area (Å²) < 4.78 is 0.